The second kappa shape index (κ2) is 4.68. The summed E-state index contributed by atoms with van der Waals surface area (Å²) in [5.74, 6) is 0.909. The SMILES string of the molecule is COc1ccc(C)cc1-c1cc(Cl)ccc1O. The summed E-state index contributed by atoms with van der Waals surface area (Å²) in [5, 5.41) is 10.5. The molecular formula is C14H13ClO2. The third-order valence-electron chi connectivity index (χ3n) is 2.60. The van der Waals surface area contributed by atoms with E-state index < -0.39 is 0 Å². The number of ether oxygens (including phenoxy) is 1. The molecule has 0 saturated carbocycles. The molecule has 0 aliphatic heterocycles. The molecule has 0 aliphatic rings. The largest absolute Gasteiger partial charge is 0.507 e. The van der Waals surface area contributed by atoms with Crippen molar-refractivity contribution in [3.05, 3.63) is 47.0 Å². The van der Waals surface area contributed by atoms with Crippen molar-refractivity contribution in [3.8, 4) is 22.6 Å². The standard InChI is InChI=1S/C14H13ClO2/c1-9-3-6-14(17-2)12(7-9)11-8-10(15)4-5-13(11)16/h3-8,16H,1-2H3. The molecule has 2 aromatic rings. The summed E-state index contributed by atoms with van der Waals surface area (Å²) in [6.45, 7) is 1.99. The minimum Gasteiger partial charge on any atom is -0.507 e. The molecule has 0 amide bonds. The van der Waals surface area contributed by atoms with Gasteiger partial charge in [-0.1, -0.05) is 23.2 Å². The Morgan fingerprint density at radius 3 is 2.53 bits per heavy atom. The molecule has 0 bridgehead atoms. The number of hydrogen-bond acceptors (Lipinski definition) is 2. The van der Waals surface area contributed by atoms with Crippen LogP contribution in [0.4, 0.5) is 0 Å². The third kappa shape index (κ3) is 2.37. The predicted octanol–water partition coefficient (Wildman–Crippen LogP) is 4.03. The van der Waals surface area contributed by atoms with E-state index in [9.17, 15) is 5.11 Å². The minimum absolute atomic E-state index is 0.193. The zero-order valence-electron chi connectivity index (χ0n) is 9.70. The highest BCUT2D eigenvalue weighted by atomic mass is 35.5. The molecule has 2 rings (SSSR count). The first-order valence-electron chi connectivity index (χ1n) is 5.25. The van der Waals surface area contributed by atoms with Crippen molar-refractivity contribution in [3.63, 3.8) is 0 Å². The van der Waals surface area contributed by atoms with Crippen LogP contribution in [0.5, 0.6) is 11.5 Å². The molecule has 2 nitrogen and oxygen atoms in total. The lowest BCUT2D eigenvalue weighted by Gasteiger charge is -2.11. The summed E-state index contributed by atoms with van der Waals surface area (Å²) in [5.41, 5.74) is 2.62. The van der Waals surface area contributed by atoms with Gasteiger partial charge >= 0.3 is 0 Å². The van der Waals surface area contributed by atoms with Gasteiger partial charge in [0.05, 0.1) is 7.11 Å². The van der Waals surface area contributed by atoms with Crippen molar-refractivity contribution in [2.45, 2.75) is 6.92 Å². The topological polar surface area (TPSA) is 29.5 Å². The number of phenols is 1. The predicted molar refractivity (Wildman–Crippen MR) is 69.8 cm³/mol. The quantitative estimate of drug-likeness (QED) is 0.870. The Morgan fingerprint density at radius 1 is 1.06 bits per heavy atom. The van der Waals surface area contributed by atoms with Crippen LogP contribution in [-0.4, -0.2) is 12.2 Å². The highest BCUT2D eigenvalue weighted by Crippen LogP contribution is 2.37. The number of aryl methyl sites for hydroxylation is 1. The van der Waals surface area contributed by atoms with Gasteiger partial charge < -0.3 is 9.84 Å². The Morgan fingerprint density at radius 2 is 1.82 bits per heavy atom. The minimum atomic E-state index is 0.193. The number of phenolic OH excluding ortho intramolecular Hbond substituents is 1. The number of methoxy groups -OCH3 is 1. The molecular weight excluding hydrogens is 236 g/mol. The highest BCUT2D eigenvalue weighted by Gasteiger charge is 2.10. The Kier molecular flexibility index (Phi) is 3.25. The van der Waals surface area contributed by atoms with Gasteiger partial charge in [0, 0.05) is 16.1 Å². The summed E-state index contributed by atoms with van der Waals surface area (Å²) in [6.07, 6.45) is 0. The molecule has 0 heterocycles. The Balaban J connectivity index is 2.66. The van der Waals surface area contributed by atoms with Crippen molar-refractivity contribution in [1.82, 2.24) is 0 Å². The zero-order chi connectivity index (χ0) is 12.4. The molecule has 0 radical (unpaired) electrons. The smallest absolute Gasteiger partial charge is 0.126 e. The molecule has 17 heavy (non-hydrogen) atoms. The van der Waals surface area contributed by atoms with Crippen LogP contribution >= 0.6 is 11.6 Å². The number of hydrogen-bond donors (Lipinski definition) is 1. The highest BCUT2D eigenvalue weighted by molar-refractivity contribution is 6.31. The van der Waals surface area contributed by atoms with E-state index in [4.69, 9.17) is 16.3 Å². The lowest BCUT2D eigenvalue weighted by Crippen LogP contribution is -1.89. The average molecular weight is 249 g/mol. The fourth-order valence-corrected chi connectivity index (χ4v) is 1.93. The molecule has 0 aromatic heterocycles. The monoisotopic (exact) mass is 248 g/mol. The van der Waals surface area contributed by atoms with Crippen molar-refractivity contribution in [2.75, 3.05) is 7.11 Å². The second-order valence-corrected chi connectivity index (χ2v) is 4.30. The van der Waals surface area contributed by atoms with Gasteiger partial charge in [-0.15, -0.1) is 0 Å². The molecule has 1 N–H and O–H groups in total. The van der Waals surface area contributed by atoms with Crippen molar-refractivity contribution in [1.29, 1.82) is 0 Å². The first-order valence-corrected chi connectivity index (χ1v) is 5.63. The van der Waals surface area contributed by atoms with Gasteiger partial charge in [-0.05, 0) is 37.3 Å². The van der Waals surface area contributed by atoms with Crippen LogP contribution < -0.4 is 4.74 Å². The van der Waals surface area contributed by atoms with Gasteiger partial charge in [0.15, 0.2) is 0 Å². The van der Waals surface area contributed by atoms with Crippen molar-refractivity contribution < 1.29 is 9.84 Å². The number of benzene rings is 2. The van der Waals surface area contributed by atoms with Crippen LogP contribution in [0, 0.1) is 6.92 Å². The van der Waals surface area contributed by atoms with Crippen LogP contribution in [0.15, 0.2) is 36.4 Å². The van der Waals surface area contributed by atoms with Gasteiger partial charge in [0.1, 0.15) is 11.5 Å². The van der Waals surface area contributed by atoms with Gasteiger partial charge in [-0.2, -0.15) is 0 Å². The van der Waals surface area contributed by atoms with E-state index in [0.29, 0.717) is 16.3 Å². The van der Waals surface area contributed by atoms with Crippen molar-refractivity contribution >= 4 is 11.6 Å². The fourth-order valence-electron chi connectivity index (χ4n) is 1.76. The zero-order valence-corrected chi connectivity index (χ0v) is 10.5. The molecule has 0 spiro atoms. The van der Waals surface area contributed by atoms with Crippen LogP contribution in [0.2, 0.25) is 5.02 Å². The maximum Gasteiger partial charge on any atom is 0.126 e. The van der Waals surface area contributed by atoms with E-state index in [-0.39, 0.29) is 5.75 Å². The number of aromatic hydroxyl groups is 1. The Bertz CT molecular complexity index is 550. The lowest BCUT2D eigenvalue weighted by atomic mass is 10.0. The molecule has 3 heteroatoms. The van der Waals surface area contributed by atoms with E-state index >= 15 is 0 Å². The van der Waals surface area contributed by atoms with E-state index in [1.165, 1.54) is 0 Å². The lowest BCUT2D eigenvalue weighted by molar-refractivity contribution is 0.415. The van der Waals surface area contributed by atoms with Gasteiger partial charge in [-0.3, -0.25) is 0 Å². The number of rotatable bonds is 2. The summed E-state index contributed by atoms with van der Waals surface area (Å²) in [6, 6.07) is 10.8. The Hall–Kier alpha value is -1.67. The summed E-state index contributed by atoms with van der Waals surface area (Å²) >= 11 is 5.95. The normalized spacial score (nSPS) is 10.3. The maximum atomic E-state index is 9.89. The van der Waals surface area contributed by atoms with E-state index in [0.717, 1.165) is 11.1 Å². The second-order valence-electron chi connectivity index (χ2n) is 3.87. The van der Waals surface area contributed by atoms with Crippen LogP contribution in [-0.2, 0) is 0 Å². The fraction of sp³-hybridized carbons (Fsp3) is 0.143. The first kappa shape index (κ1) is 11.8. The summed E-state index contributed by atoms with van der Waals surface area (Å²) in [4.78, 5) is 0. The number of halogens is 1. The molecule has 0 atom stereocenters. The van der Waals surface area contributed by atoms with E-state index in [2.05, 4.69) is 0 Å². The average Bonchev–Trinajstić information content (AvgIpc) is 2.32. The van der Waals surface area contributed by atoms with Gasteiger partial charge in [0.25, 0.3) is 0 Å². The third-order valence-corrected chi connectivity index (χ3v) is 2.84. The maximum absolute atomic E-state index is 9.89. The van der Waals surface area contributed by atoms with Crippen LogP contribution in [0.1, 0.15) is 5.56 Å². The molecule has 0 aliphatic carbocycles. The Labute approximate surface area is 105 Å². The summed E-state index contributed by atoms with van der Waals surface area (Å²) in [7, 11) is 1.61. The van der Waals surface area contributed by atoms with E-state index in [1.807, 2.05) is 25.1 Å². The summed E-state index contributed by atoms with van der Waals surface area (Å²) < 4.78 is 5.30. The molecule has 2 aromatic carbocycles. The van der Waals surface area contributed by atoms with Gasteiger partial charge in [0.2, 0.25) is 0 Å². The van der Waals surface area contributed by atoms with E-state index in [1.54, 1.807) is 25.3 Å². The van der Waals surface area contributed by atoms with Crippen LogP contribution in [0.3, 0.4) is 0 Å². The molecule has 0 saturated heterocycles. The van der Waals surface area contributed by atoms with Crippen LogP contribution in [0.25, 0.3) is 11.1 Å². The molecule has 0 unspecified atom stereocenters. The molecule has 88 valence electrons. The van der Waals surface area contributed by atoms with Gasteiger partial charge in [-0.25, -0.2) is 0 Å². The molecule has 0 fully saturated rings. The first-order chi connectivity index (χ1) is 8.11. The van der Waals surface area contributed by atoms with Crippen molar-refractivity contribution in [2.24, 2.45) is 0 Å².